The third-order valence-electron chi connectivity index (χ3n) is 1.24. The molecule has 0 saturated carbocycles. The minimum absolute atomic E-state index is 0.102. The lowest BCUT2D eigenvalue weighted by Gasteiger charge is -1.99. The Labute approximate surface area is 68.6 Å². The second kappa shape index (κ2) is 3.68. The summed E-state index contributed by atoms with van der Waals surface area (Å²) in [5, 5.41) is 10.4. The zero-order valence-corrected chi connectivity index (χ0v) is 6.39. The van der Waals surface area contributed by atoms with Gasteiger partial charge in [-0.15, -0.1) is 0 Å². The van der Waals surface area contributed by atoms with Crippen molar-refractivity contribution in [1.82, 2.24) is 0 Å². The molecule has 1 aromatic rings. The summed E-state index contributed by atoms with van der Waals surface area (Å²) in [5.41, 5.74) is -0.112. The number of hydrogen-bond acceptors (Lipinski definition) is 4. The zero-order chi connectivity index (χ0) is 8.97. The first-order chi connectivity index (χ1) is 5.75. The van der Waals surface area contributed by atoms with Gasteiger partial charge in [-0.25, -0.2) is 0 Å². The van der Waals surface area contributed by atoms with Gasteiger partial charge in [0, 0.05) is 6.07 Å². The first kappa shape index (κ1) is 8.48. The Balaban J connectivity index is 3.00. The van der Waals surface area contributed by atoms with Crippen molar-refractivity contribution < 1.29 is 14.7 Å². The lowest BCUT2D eigenvalue weighted by Crippen LogP contribution is -1.95. The van der Waals surface area contributed by atoms with E-state index in [1.54, 1.807) is 12.1 Å². The molecule has 1 rings (SSSR count). The van der Waals surface area contributed by atoms with Crippen LogP contribution in [0.2, 0.25) is 0 Å². The summed E-state index contributed by atoms with van der Waals surface area (Å²) < 4.78 is 0. The van der Waals surface area contributed by atoms with Crippen LogP contribution in [0, 0.1) is 10.1 Å². The highest BCUT2D eigenvalue weighted by Crippen LogP contribution is 2.25. The van der Waals surface area contributed by atoms with Crippen LogP contribution in [0.5, 0.6) is 5.75 Å². The molecule has 0 aliphatic heterocycles. The van der Waals surface area contributed by atoms with Gasteiger partial charge < -0.3 is 4.89 Å². The number of nitrogens with zero attached hydrogens (tertiary/aromatic N) is 1. The SMILES string of the molecule is COOc1ccccc1[N+](=O)[O-]. The Kier molecular flexibility index (Phi) is 2.60. The molecule has 0 bridgehead atoms. The number of hydrogen-bond donors (Lipinski definition) is 0. The van der Waals surface area contributed by atoms with E-state index in [2.05, 4.69) is 9.78 Å². The maximum atomic E-state index is 10.4. The van der Waals surface area contributed by atoms with E-state index < -0.39 is 4.92 Å². The van der Waals surface area contributed by atoms with Gasteiger partial charge in [-0.05, 0) is 6.07 Å². The van der Waals surface area contributed by atoms with Crippen LogP contribution in [0.15, 0.2) is 24.3 Å². The van der Waals surface area contributed by atoms with Crippen LogP contribution in [0.1, 0.15) is 0 Å². The summed E-state index contributed by atoms with van der Waals surface area (Å²) in [6.45, 7) is 0. The van der Waals surface area contributed by atoms with E-state index >= 15 is 0 Å². The second-order valence-electron chi connectivity index (χ2n) is 1.97. The molecule has 0 aromatic heterocycles. The first-order valence-electron chi connectivity index (χ1n) is 3.20. The molecule has 0 aliphatic carbocycles. The molecule has 0 heterocycles. The van der Waals surface area contributed by atoms with Crippen molar-refractivity contribution in [2.75, 3.05) is 7.11 Å². The van der Waals surface area contributed by atoms with Crippen LogP contribution in [-0.2, 0) is 4.89 Å². The van der Waals surface area contributed by atoms with Crippen molar-refractivity contribution in [3.8, 4) is 5.75 Å². The third-order valence-corrected chi connectivity index (χ3v) is 1.24. The molecule has 0 amide bonds. The lowest BCUT2D eigenvalue weighted by molar-refractivity contribution is -0.388. The molecule has 0 saturated heterocycles. The smallest absolute Gasteiger partial charge is 0.315 e. The zero-order valence-electron chi connectivity index (χ0n) is 6.39. The number of nitro benzene ring substituents is 1. The second-order valence-corrected chi connectivity index (χ2v) is 1.97. The Bertz CT molecular complexity index is 286. The average Bonchev–Trinajstić information content (AvgIpc) is 2.05. The highest BCUT2D eigenvalue weighted by molar-refractivity contribution is 5.45. The van der Waals surface area contributed by atoms with Gasteiger partial charge in [-0.3, -0.25) is 10.1 Å². The van der Waals surface area contributed by atoms with Crippen LogP contribution in [-0.4, -0.2) is 12.0 Å². The summed E-state index contributed by atoms with van der Waals surface area (Å²) in [7, 11) is 1.29. The van der Waals surface area contributed by atoms with Gasteiger partial charge in [0.1, 0.15) is 0 Å². The van der Waals surface area contributed by atoms with Crippen molar-refractivity contribution in [1.29, 1.82) is 0 Å². The topological polar surface area (TPSA) is 61.6 Å². The fourth-order valence-corrected chi connectivity index (χ4v) is 0.768. The molecule has 0 unspecified atom stereocenters. The van der Waals surface area contributed by atoms with Gasteiger partial charge in [0.05, 0.1) is 12.0 Å². The Hall–Kier alpha value is -1.62. The number of nitro groups is 1. The molecular formula is C7H7NO4. The third kappa shape index (κ3) is 1.70. The van der Waals surface area contributed by atoms with Gasteiger partial charge >= 0.3 is 5.69 Å². The van der Waals surface area contributed by atoms with Crippen molar-refractivity contribution in [2.24, 2.45) is 0 Å². The van der Waals surface area contributed by atoms with E-state index in [-0.39, 0.29) is 11.4 Å². The van der Waals surface area contributed by atoms with E-state index in [0.717, 1.165) is 0 Å². The number of benzene rings is 1. The van der Waals surface area contributed by atoms with Gasteiger partial charge in [-0.1, -0.05) is 12.1 Å². The minimum Gasteiger partial charge on any atom is -0.330 e. The Morgan fingerprint density at radius 2 is 2.08 bits per heavy atom. The maximum absolute atomic E-state index is 10.4. The summed E-state index contributed by atoms with van der Waals surface area (Å²) in [5.74, 6) is 0.102. The molecule has 0 atom stereocenters. The molecule has 0 aliphatic rings. The molecule has 1 aromatic carbocycles. The highest BCUT2D eigenvalue weighted by atomic mass is 17.2. The summed E-state index contributed by atoms with van der Waals surface area (Å²) >= 11 is 0. The maximum Gasteiger partial charge on any atom is 0.315 e. The summed E-state index contributed by atoms with van der Waals surface area (Å²) in [6.07, 6.45) is 0. The fraction of sp³-hybridized carbons (Fsp3) is 0.143. The van der Waals surface area contributed by atoms with Crippen molar-refractivity contribution in [3.63, 3.8) is 0 Å². The number of rotatable bonds is 3. The molecule has 0 N–H and O–H groups in total. The van der Waals surface area contributed by atoms with E-state index in [1.165, 1.54) is 19.2 Å². The summed E-state index contributed by atoms with van der Waals surface area (Å²) in [4.78, 5) is 18.7. The van der Waals surface area contributed by atoms with E-state index in [9.17, 15) is 10.1 Å². The van der Waals surface area contributed by atoms with Gasteiger partial charge in [-0.2, -0.15) is 4.89 Å². The lowest BCUT2D eigenvalue weighted by atomic mass is 10.3. The van der Waals surface area contributed by atoms with Gasteiger partial charge in [0.15, 0.2) is 0 Å². The van der Waals surface area contributed by atoms with E-state index in [1.807, 2.05) is 0 Å². The molecule has 5 heteroatoms. The van der Waals surface area contributed by atoms with Crippen molar-refractivity contribution >= 4 is 5.69 Å². The highest BCUT2D eigenvalue weighted by Gasteiger charge is 2.13. The normalized spacial score (nSPS) is 9.42. The molecule has 64 valence electrons. The van der Waals surface area contributed by atoms with Crippen LogP contribution in [0.25, 0.3) is 0 Å². The van der Waals surface area contributed by atoms with Crippen LogP contribution < -0.4 is 4.89 Å². The quantitative estimate of drug-likeness (QED) is 0.391. The monoisotopic (exact) mass is 169 g/mol. The molecule has 0 fully saturated rings. The average molecular weight is 169 g/mol. The predicted molar refractivity (Wildman–Crippen MR) is 40.7 cm³/mol. The Morgan fingerprint density at radius 3 is 2.67 bits per heavy atom. The minimum atomic E-state index is -0.533. The van der Waals surface area contributed by atoms with Gasteiger partial charge in [0.2, 0.25) is 5.75 Å². The van der Waals surface area contributed by atoms with Crippen molar-refractivity contribution in [3.05, 3.63) is 34.4 Å². The molecule has 0 spiro atoms. The fourth-order valence-electron chi connectivity index (χ4n) is 0.768. The molecule has 12 heavy (non-hydrogen) atoms. The largest absolute Gasteiger partial charge is 0.330 e. The summed E-state index contributed by atoms with van der Waals surface area (Å²) in [6, 6.07) is 5.98. The molecule has 5 nitrogen and oxygen atoms in total. The van der Waals surface area contributed by atoms with Gasteiger partial charge in [0.25, 0.3) is 0 Å². The van der Waals surface area contributed by atoms with Crippen LogP contribution in [0.4, 0.5) is 5.69 Å². The number of para-hydroxylation sites is 2. The van der Waals surface area contributed by atoms with Crippen molar-refractivity contribution in [2.45, 2.75) is 0 Å². The van der Waals surface area contributed by atoms with E-state index in [0.29, 0.717) is 0 Å². The first-order valence-corrected chi connectivity index (χ1v) is 3.20. The standard InChI is InChI=1S/C7H7NO4/c1-11-12-7-5-3-2-4-6(7)8(9)10/h2-5H,1H3. The molecule has 0 radical (unpaired) electrons. The van der Waals surface area contributed by atoms with Crippen LogP contribution in [0.3, 0.4) is 0 Å². The predicted octanol–water partition coefficient (Wildman–Crippen LogP) is 1.53. The van der Waals surface area contributed by atoms with Crippen LogP contribution >= 0.6 is 0 Å². The molecular weight excluding hydrogens is 162 g/mol. The van der Waals surface area contributed by atoms with E-state index in [4.69, 9.17) is 0 Å². The Morgan fingerprint density at radius 1 is 1.42 bits per heavy atom.